The Balaban J connectivity index is 1.51. The summed E-state index contributed by atoms with van der Waals surface area (Å²) in [6.45, 7) is 3.01. The van der Waals surface area contributed by atoms with Crippen LogP contribution in [0.3, 0.4) is 0 Å². The monoisotopic (exact) mass is 233 g/mol. The van der Waals surface area contributed by atoms with Gasteiger partial charge in [0.15, 0.2) is 0 Å². The van der Waals surface area contributed by atoms with Crippen LogP contribution in [0.4, 0.5) is 0 Å². The van der Waals surface area contributed by atoms with E-state index in [2.05, 4.69) is 35.6 Å². The van der Waals surface area contributed by atoms with E-state index >= 15 is 0 Å². The van der Waals surface area contributed by atoms with Gasteiger partial charge in [0.2, 0.25) is 0 Å². The standard InChI is InChI=1S/C15H23NO/c1-2-6-14(7-3-1)8-4-5-11-16-15-9-12-17-13-10-15/h1-3,6-7,15-16H,4-5,8-13H2. The number of aryl methyl sites for hydroxylation is 1. The zero-order valence-electron chi connectivity index (χ0n) is 10.5. The summed E-state index contributed by atoms with van der Waals surface area (Å²) in [7, 11) is 0. The van der Waals surface area contributed by atoms with Crippen LogP contribution in [0.15, 0.2) is 30.3 Å². The second-order valence-corrected chi connectivity index (χ2v) is 4.78. The Morgan fingerprint density at radius 3 is 2.59 bits per heavy atom. The predicted octanol–water partition coefficient (Wildman–Crippen LogP) is 2.78. The molecule has 1 saturated heterocycles. The van der Waals surface area contributed by atoms with Crippen LogP contribution >= 0.6 is 0 Å². The first-order valence-electron chi connectivity index (χ1n) is 6.80. The molecule has 2 nitrogen and oxygen atoms in total. The fourth-order valence-electron chi connectivity index (χ4n) is 2.31. The Morgan fingerprint density at radius 1 is 1.06 bits per heavy atom. The molecule has 0 saturated carbocycles. The molecular formula is C15H23NO. The van der Waals surface area contributed by atoms with Gasteiger partial charge in [-0.05, 0) is 44.2 Å². The second-order valence-electron chi connectivity index (χ2n) is 4.78. The molecule has 1 aliphatic rings. The van der Waals surface area contributed by atoms with Crippen LogP contribution in [0.1, 0.15) is 31.2 Å². The van der Waals surface area contributed by atoms with Gasteiger partial charge in [-0.1, -0.05) is 30.3 Å². The number of nitrogens with one attached hydrogen (secondary N) is 1. The highest BCUT2D eigenvalue weighted by Crippen LogP contribution is 2.07. The topological polar surface area (TPSA) is 21.3 Å². The maximum absolute atomic E-state index is 5.35. The van der Waals surface area contributed by atoms with Gasteiger partial charge in [-0.25, -0.2) is 0 Å². The van der Waals surface area contributed by atoms with Gasteiger partial charge in [0, 0.05) is 19.3 Å². The molecule has 0 spiro atoms. The van der Waals surface area contributed by atoms with Gasteiger partial charge in [0.25, 0.3) is 0 Å². The fraction of sp³-hybridized carbons (Fsp3) is 0.600. The van der Waals surface area contributed by atoms with Crippen LogP contribution in [0.5, 0.6) is 0 Å². The van der Waals surface area contributed by atoms with Crippen LogP contribution in [-0.2, 0) is 11.2 Å². The maximum Gasteiger partial charge on any atom is 0.0480 e. The van der Waals surface area contributed by atoms with E-state index in [1.165, 1.54) is 37.7 Å². The molecule has 1 aromatic carbocycles. The fourth-order valence-corrected chi connectivity index (χ4v) is 2.31. The molecule has 0 bridgehead atoms. The average Bonchev–Trinajstić information content (AvgIpc) is 2.41. The molecule has 0 radical (unpaired) electrons. The second kappa shape index (κ2) is 7.46. The van der Waals surface area contributed by atoms with E-state index in [4.69, 9.17) is 4.74 Å². The summed E-state index contributed by atoms with van der Waals surface area (Å²) < 4.78 is 5.35. The van der Waals surface area contributed by atoms with Crippen molar-refractivity contribution < 1.29 is 4.74 Å². The van der Waals surface area contributed by atoms with Crippen molar-refractivity contribution >= 4 is 0 Å². The Kier molecular flexibility index (Phi) is 5.53. The lowest BCUT2D eigenvalue weighted by atomic mass is 10.1. The highest BCUT2D eigenvalue weighted by Gasteiger charge is 2.11. The molecule has 94 valence electrons. The first-order valence-corrected chi connectivity index (χ1v) is 6.80. The van der Waals surface area contributed by atoms with E-state index in [1.54, 1.807) is 0 Å². The first-order chi connectivity index (χ1) is 8.45. The Labute approximate surface area is 104 Å². The Hall–Kier alpha value is -0.860. The van der Waals surface area contributed by atoms with Crippen molar-refractivity contribution in [2.45, 2.75) is 38.1 Å². The molecule has 0 aromatic heterocycles. The molecule has 0 atom stereocenters. The zero-order chi connectivity index (χ0) is 11.8. The lowest BCUT2D eigenvalue weighted by Crippen LogP contribution is -2.35. The molecule has 1 aromatic rings. The summed E-state index contributed by atoms with van der Waals surface area (Å²) in [5.41, 5.74) is 1.46. The average molecular weight is 233 g/mol. The number of ether oxygens (including phenoxy) is 1. The van der Waals surface area contributed by atoms with Crippen molar-refractivity contribution in [1.29, 1.82) is 0 Å². The summed E-state index contributed by atoms with van der Waals surface area (Å²) in [5, 5.41) is 3.63. The van der Waals surface area contributed by atoms with Crippen LogP contribution in [0, 0.1) is 0 Å². The molecule has 0 aliphatic carbocycles. The van der Waals surface area contributed by atoms with E-state index in [9.17, 15) is 0 Å². The minimum absolute atomic E-state index is 0.695. The molecule has 1 fully saturated rings. The number of unbranched alkanes of at least 4 members (excludes halogenated alkanes) is 1. The first kappa shape index (κ1) is 12.6. The van der Waals surface area contributed by atoms with E-state index in [1.807, 2.05) is 0 Å². The molecule has 17 heavy (non-hydrogen) atoms. The highest BCUT2D eigenvalue weighted by molar-refractivity contribution is 5.14. The van der Waals surface area contributed by atoms with Crippen molar-refractivity contribution in [3.05, 3.63) is 35.9 Å². The van der Waals surface area contributed by atoms with Gasteiger partial charge >= 0.3 is 0 Å². The SMILES string of the molecule is c1ccc(CCCCNC2CCOCC2)cc1. The van der Waals surface area contributed by atoms with Gasteiger partial charge in [-0.15, -0.1) is 0 Å². The lowest BCUT2D eigenvalue weighted by molar-refractivity contribution is 0.0780. The third-order valence-electron chi connectivity index (χ3n) is 3.39. The number of benzene rings is 1. The largest absolute Gasteiger partial charge is 0.381 e. The van der Waals surface area contributed by atoms with Gasteiger partial charge in [-0.3, -0.25) is 0 Å². The molecule has 1 aliphatic heterocycles. The smallest absolute Gasteiger partial charge is 0.0480 e. The molecule has 0 amide bonds. The summed E-state index contributed by atoms with van der Waals surface area (Å²) in [6.07, 6.45) is 6.11. The number of hydrogen-bond acceptors (Lipinski definition) is 2. The van der Waals surface area contributed by atoms with E-state index in [-0.39, 0.29) is 0 Å². The van der Waals surface area contributed by atoms with Crippen molar-refractivity contribution in [2.75, 3.05) is 19.8 Å². The van der Waals surface area contributed by atoms with Gasteiger partial charge in [0.1, 0.15) is 0 Å². The Morgan fingerprint density at radius 2 is 1.82 bits per heavy atom. The highest BCUT2D eigenvalue weighted by atomic mass is 16.5. The van der Waals surface area contributed by atoms with Crippen molar-refractivity contribution in [2.24, 2.45) is 0 Å². The zero-order valence-corrected chi connectivity index (χ0v) is 10.5. The van der Waals surface area contributed by atoms with E-state index in [0.717, 1.165) is 19.8 Å². The molecule has 1 N–H and O–H groups in total. The third kappa shape index (κ3) is 4.88. The number of rotatable bonds is 6. The third-order valence-corrected chi connectivity index (χ3v) is 3.39. The minimum Gasteiger partial charge on any atom is -0.381 e. The Bertz CT molecular complexity index is 293. The van der Waals surface area contributed by atoms with Crippen molar-refractivity contribution in [1.82, 2.24) is 5.32 Å². The summed E-state index contributed by atoms with van der Waals surface area (Å²) in [5.74, 6) is 0. The molecule has 2 rings (SSSR count). The van der Waals surface area contributed by atoms with Crippen LogP contribution < -0.4 is 5.32 Å². The lowest BCUT2D eigenvalue weighted by Gasteiger charge is -2.23. The molecule has 1 heterocycles. The van der Waals surface area contributed by atoms with E-state index in [0.29, 0.717) is 6.04 Å². The van der Waals surface area contributed by atoms with Gasteiger partial charge in [0.05, 0.1) is 0 Å². The summed E-state index contributed by atoms with van der Waals surface area (Å²) >= 11 is 0. The quantitative estimate of drug-likeness (QED) is 0.763. The predicted molar refractivity (Wildman–Crippen MR) is 71.2 cm³/mol. The van der Waals surface area contributed by atoms with Gasteiger partial charge < -0.3 is 10.1 Å². The van der Waals surface area contributed by atoms with E-state index < -0.39 is 0 Å². The summed E-state index contributed by atoms with van der Waals surface area (Å²) in [6, 6.07) is 11.4. The minimum atomic E-state index is 0.695. The summed E-state index contributed by atoms with van der Waals surface area (Å²) in [4.78, 5) is 0. The van der Waals surface area contributed by atoms with Crippen molar-refractivity contribution in [3.63, 3.8) is 0 Å². The molecule has 0 unspecified atom stereocenters. The molecular weight excluding hydrogens is 210 g/mol. The number of hydrogen-bond donors (Lipinski definition) is 1. The van der Waals surface area contributed by atoms with Crippen LogP contribution in [-0.4, -0.2) is 25.8 Å². The normalized spacial score (nSPS) is 17.2. The maximum atomic E-state index is 5.35. The molecule has 2 heteroatoms. The van der Waals surface area contributed by atoms with Crippen molar-refractivity contribution in [3.8, 4) is 0 Å². The van der Waals surface area contributed by atoms with Crippen LogP contribution in [0.25, 0.3) is 0 Å². The van der Waals surface area contributed by atoms with Crippen LogP contribution in [0.2, 0.25) is 0 Å². The van der Waals surface area contributed by atoms with Gasteiger partial charge in [-0.2, -0.15) is 0 Å².